The molecule has 0 fully saturated rings. The van der Waals surface area contributed by atoms with Gasteiger partial charge in [-0.05, 0) is 23.6 Å². The lowest BCUT2D eigenvalue weighted by Gasteiger charge is -2.27. The highest BCUT2D eigenvalue weighted by Gasteiger charge is 2.26. The molecule has 0 saturated carbocycles. The zero-order valence-corrected chi connectivity index (χ0v) is 13.2. The molecule has 0 aliphatic heterocycles. The number of carbonyl (C=O) groups excluding carboxylic acids is 2. The van der Waals surface area contributed by atoms with E-state index in [1.807, 2.05) is 34.6 Å². The van der Waals surface area contributed by atoms with E-state index in [1.54, 1.807) is 29.7 Å². The van der Waals surface area contributed by atoms with Gasteiger partial charge in [-0.2, -0.15) is 0 Å². The molecule has 1 atom stereocenters. The highest BCUT2D eigenvalue weighted by Crippen LogP contribution is 2.24. The van der Waals surface area contributed by atoms with Crippen LogP contribution < -0.4 is 10.8 Å². The highest BCUT2D eigenvalue weighted by atomic mass is 16.5. The third-order valence-corrected chi connectivity index (χ3v) is 3.27. The first kappa shape index (κ1) is 17.2. The van der Waals surface area contributed by atoms with E-state index < -0.39 is 11.3 Å². The molecule has 1 aromatic carbocycles. The Balaban J connectivity index is 2.96. The van der Waals surface area contributed by atoms with Crippen molar-refractivity contribution >= 4 is 11.8 Å². The maximum absolute atomic E-state index is 12.2. The minimum Gasteiger partial charge on any atom is -0.349 e. The fourth-order valence-corrected chi connectivity index (χ4v) is 1.90. The van der Waals surface area contributed by atoms with Crippen LogP contribution in [0.1, 0.15) is 56.6 Å². The molecule has 0 unspecified atom stereocenters. The number of hydrogen-bond acceptors (Lipinski definition) is 3. The number of amides is 2. The molecule has 0 bridgehead atoms. The van der Waals surface area contributed by atoms with Crippen LogP contribution in [0.4, 0.5) is 0 Å². The molecular formula is C16H24N2O3. The average molecular weight is 292 g/mol. The normalized spacial score (nSPS) is 12.9. The first-order valence-corrected chi connectivity index (χ1v) is 7.02. The Labute approximate surface area is 125 Å². The molecule has 0 saturated heterocycles. The van der Waals surface area contributed by atoms with E-state index in [-0.39, 0.29) is 17.9 Å². The molecule has 3 N–H and O–H groups in total. The first-order valence-electron chi connectivity index (χ1n) is 7.02. The minimum absolute atomic E-state index is 0.0154. The van der Waals surface area contributed by atoms with Crippen molar-refractivity contribution in [1.82, 2.24) is 10.8 Å². The first-order chi connectivity index (χ1) is 9.66. The molecule has 0 radical (unpaired) electrons. The molecule has 0 aliphatic rings. The number of rotatable bonds is 4. The van der Waals surface area contributed by atoms with Crippen molar-refractivity contribution in [2.24, 2.45) is 11.3 Å². The topological polar surface area (TPSA) is 78.4 Å². The van der Waals surface area contributed by atoms with E-state index in [0.29, 0.717) is 5.56 Å². The largest absolute Gasteiger partial charge is 0.349 e. The maximum atomic E-state index is 12.2. The van der Waals surface area contributed by atoms with Crippen LogP contribution in [0.15, 0.2) is 24.3 Å². The Morgan fingerprint density at radius 2 is 1.62 bits per heavy atom. The van der Waals surface area contributed by atoms with Crippen molar-refractivity contribution in [3.8, 4) is 0 Å². The summed E-state index contributed by atoms with van der Waals surface area (Å²) >= 11 is 0. The van der Waals surface area contributed by atoms with Crippen LogP contribution >= 0.6 is 0 Å². The zero-order chi connectivity index (χ0) is 16.2. The Kier molecular flexibility index (Phi) is 5.49. The summed E-state index contributed by atoms with van der Waals surface area (Å²) in [6.45, 7) is 9.67. The van der Waals surface area contributed by atoms with Gasteiger partial charge in [-0.15, -0.1) is 0 Å². The summed E-state index contributed by atoms with van der Waals surface area (Å²) in [4.78, 5) is 23.5. The van der Waals surface area contributed by atoms with Crippen LogP contribution in [-0.2, 0) is 4.79 Å². The molecule has 1 aromatic rings. The van der Waals surface area contributed by atoms with Gasteiger partial charge in [0.25, 0.3) is 5.91 Å². The van der Waals surface area contributed by atoms with Crippen molar-refractivity contribution in [3.05, 3.63) is 35.4 Å². The van der Waals surface area contributed by atoms with Crippen LogP contribution in [0.2, 0.25) is 0 Å². The van der Waals surface area contributed by atoms with E-state index in [1.165, 1.54) is 0 Å². The van der Waals surface area contributed by atoms with E-state index in [2.05, 4.69) is 5.32 Å². The van der Waals surface area contributed by atoms with Crippen LogP contribution in [0.5, 0.6) is 0 Å². The maximum Gasteiger partial charge on any atom is 0.274 e. The second-order valence-corrected chi connectivity index (χ2v) is 6.51. The monoisotopic (exact) mass is 292 g/mol. The van der Waals surface area contributed by atoms with Crippen molar-refractivity contribution in [2.45, 2.75) is 40.7 Å². The van der Waals surface area contributed by atoms with Crippen LogP contribution in [0.25, 0.3) is 0 Å². The number of hydroxylamine groups is 1. The smallest absolute Gasteiger partial charge is 0.274 e. The lowest BCUT2D eigenvalue weighted by molar-refractivity contribution is -0.129. The molecule has 0 aromatic heterocycles. The van der Waals surface area contributed by atoms with Gasteiger partial charge in [0.15, 0.2) is 0 Å². The van der Waals surface area contributed by atoms with Crippen LogP contribution in [0, 0.1) is 11.3 Å². The summed E-state index contributed by atoms with van der Waals surface area (Å²) in [6.07, 6.45) is 0. The van der Waals surface area contributed by atoms with Gasteiger partial charge >= 0.3 is 0 Å². The van der Waals surface area contributed by atoms with Crippen molar-refractivity contribution in [3.63, 3.8) is 0 Å². The molecule has 5 heteroatoms. The van der Waals surface area contributed by atoms with E-state index in [9.17, 15) is 9.59 Å². The van der Waals surface area contributed by atoms with Gasteiger partial charge in [0.1, 0.15) is 0 Å². The predicted octanol–water partition coefficient (Wildman–Crippen LogP) is 2.67. The second-order valence-electron chi connectivity index (χ2n) is 6.51. The molecule has 116 valence electrons. The standard InChI is InChI=1S/C16H24N2O3/c1-10(2)13(17-15(20)16(3,4)5)11-6-8-12(9-7-11)14(19)18-21/h6-10,13,21H,1-5H3,(H,17,20)(H,18,19)/t13-/m1/s1. The lowest BCUT2D eigenvalue weighted by Crippen LogP contribution is -2.39. The van der Waals surface area contributed by atoms with E-state index in [0.717, 1.165) is 5.56 Å². The van der Waals surface area contributed by atoms with Gasteiger partial charge in [-0.3, -0.25) is 14.8 Å². The third kappa shape index (κ3) is 4.56. The highest BCUT2D eigenvalue weighted by molar-refractivity contribution is 5.93. The molecule has 0 spiro atoms. The Morgan fingerprint density at radius 3 is 2.00 bits per heavy atom. The lowest BCUT2D eigenvalue weighted by atomic mass is 9.91. The number of benzene rings is 1. The quantitative estimate of drug-likeness (QED) is 0.589. The molecule has 5 nitrogen and oxygen atoms in total. The summed E-state index contributed by atoms with van der Waals surface area (Å²) in [5.74, 6) is -0.353. The fourth-order valence-electron chi connectivity index (χ4n) is 1.90. The van der Waals surface area contributed by atoms with Crippen molar-refractivity contribution in [2.75, 3.05) is 0 Å². The zero-order valence-electron chi connectivity index (χ0n) is 13.2. The van der Waals surface area contributed by atoms with Crippen molar-refractivity contribution < 1.29 is 14.8 Å². The van der Waals surface area contributed by atoms with E-state index in [4.69, 9.17) is 5.21 Å². The fraction of sp³-hybridized carbons (Fsp3) is 0.500. The molecule has 0 heterocycles. The Bertz CT molecular complexity index is 501. The van der Waals surface area contributed by atoms with Crippen LogP contribution in [0.3, 0.4) is 0 Å². The molecule has 21 heavy (non-hydrogen) atoms. The van der Waals surface area contributed by atoms with Gasteiger partial charge in [-0.25, -0.2) is 5.48 Å². The molecular weight excluding hydrogens is 268 g/mol. The summed E-state index contributed by atoms with van der Waals surface area (Å²) in [7, 11) is 0. The third-order valence-electron chi connectivity index (χ3n) is 3.27. The molecule has 1 rings (SSSR count). The van der Waals surface area contributed by atoms with Gasteiger partial charge < -0.3 is 5.32 Å². The Hall–Kier alpha value is -1.88. The van der Waals surface area contributed by atoms with E-state index >= 15 is 0 Å². The Morgan fingerprint density at radius 1 is 1.10 bits per heavy atom. The summed E-state index contributed by atoms with van der Waals surface area (Å²) in [6, 6.07) is 6.71. The summed E-state index contributed by atoms with van der Waals surface area (Å²) in [5, 5.41) is 11.7. The number of hydrogen-bond donors (Lipinski definition) is 3. The predicted molar refractivity (Wildman–Crippen MR) is 80.9 cm³/mol. The molecule has 0 aliphatic carbocycles. The van der Waals surface area contributed by atoms with Gasteiger partial charge in [0, 0.05) is 11.0 Å². The van der Waals surface area contributed by atoms with Gasteiger partial charge in [0.05, 0.1) is 6.04 Å². The molecule has 2 amide bonds. The summed E-state index contributed by atoms with van der Waals surface area (Å²) < 4.78 is 0. The van der Waals surface area contributed by atoms with Gasteiger partial charge in [-0.1, -0.05) is 46.8 Å². The SMILES string of the molecule is CC(C)[C@@H](NC(=O)C(C)(C)C)c1ccc(C(=O)NO)cc1. The van der Waals surface area contributed by atoms with Crippen molar-refractivity contribution in [1.29, 1.82) is 0 Å². The average Bonchev–Trinajstić information content (AvgIpc) is 2.42. The number of carbonyl (C=O) groups is 2. The second kappa shape index (κ2) is 6.72. The minimum atomic E-state index is -0.554. The summed E-state index contributed by atoms with van der Waals surface area (Å²) in [5.41, 5.74) is 2.44. The number of nitrogens with one attached hydrogen (secondary N) is 2. The van der Waals surface area contributed by atoms with Crippen LogP contribution in [-0.4, -0.2) is 17.0 Å². The van der Waals surface area contributed by atoms with Gasteiger partial charge in [0.2, 0.25) is 5.91 Å².